The van der Waals surface area contributed by atoms with E-state index in [0.29, 0.717) is 0 Å². The summed E-state index contributed by atoms with van der Waals surface area (Å²) in [5.74, 6) is -0.00442. The van der Waals surface area contributed by atoms with E-state index in [0.717, 1.165) is 6.07 Å². The fourth-order valence-electron chi connectivity index (χ4n) is 1.39. The highest BCUT2D eigenvalue weighted by atomic mass is 19.4. The molecule has 0 spiro atoms. The molecule has 0 fully saturated rings. The molecule has 0 aliphatic carbocycles. The van der Waals surface area contributed by atoms with Crippen LogP contribution in [0.2, 0.25) is 0 Å². The van der Waals surface area contributed by atoms with E-state index in [1.54, 1.807) is 6.07 Å². The van der Waals surface area contributed by atoms with Gasteiger partial charge in [-0.05, 0) is 18.2 Å². The Bertz CT molecular complexity index is 541. The minimum absolute atomic E-state index is 0.0211. The zero-order valence-electron chi connectivity index (χ0n) is 9.61. The zero-order valence-corrected chi connectivity index (χ0v) is 9.61. The lowest BCUT2D eigenvalue weighted by Crippen LogP contribution is -2.14. The molecule has 0 saturated carbocycles. The van der Waals surface area contributed by atoms with E-state index < -0.39 is 11.9 Å². The average Bonchev–Trinajstić information content (AvgIpc) is 2.89. The third-order valence-corrected chi connectivity index (χ3v) is 2.19. The van der Waals surface area contributed by atoms with Gasteiger partial charge in [-0.15, -0.1) is 0 Å². The summed E-state index contributed by atoms with van der Waals surface area (Å²) in [6.07, 6.45) is -3.24. The van der Waals surface area contributed by atoms with E-state index in [1.165, 1.54) is 12.3 Å². The molecule has 0 saturated heterocycles. The maximum Gasteiger partial charge on any atom is 0.433 e. The number of alkyl halides is 3. The molecule has 102 valence electrons. The standard InChI is InChI=1S/C11H10F3N3O2/c12-11(13,14)9-6-7(8-2-1-5-19-8)16-10(17-9)15-3-4-18/h1-2,5-6,18H,3-4H2,(H,15,16,17). The van der Waals surface area contributed by atoms with Crippen LogP contribution in [0.4, 0.5) is 19.1 Å². The maximum atomic E-state index is 12.7. The van der Waals surface area contributed by atoms with Crippen LogP contribution in [0.15, 0.2) is 28.9 Å². The van der Waals surface area contributed by atoms with Crippen molar-refractivity contribution in [1.29, 1.82) is 0 Å². The van der Waals surface area contributed by atoms with Gasteiger partial charge in [-0.3, -0.25) is 0 Å². The minimum atomic E-state index is -4.58. The molecule has 0 aliphatic heterocycles. The van der Waals surface area contributed by atoms with Gasteiger partial charge in [-0.1, -0.05) is 0 Å². The summed E-state index contributed by atoms with van der Waals surface area (Å²) in [4.78, 5) is 7.25. The summed E-state index contributed by atoms with van der Waals surface area (Å²) in [5.41, 5.74) is -1.05. The van der Waals surface area contributed by atoms with Crippen molar-refractivity contribution in [2.45, 2.75) is 6.18 Å². The van der Waals surface area contributed by atoms with E-state index in [1.807, 2.05) is 0 Å². The second-order valence-electron chi connectivity index (χ2n) is 3.59. The number of hydrogen-bond donors (Lipinski definition) is 2. The third kappa shape index (κ3) is 3.22. The summed E-state index contributed by atoms with van der Waals surface area (Å²) >= 11 is 0. The lowest BCUT2D eigenvalue weighted by atomic mass is 10.2. The van der Waals surface area contributed by atoms with Gasteiger partial charge in [0.1, 0.15) is 5.69 Å². The molecule has 0 unspecified atom stereocenters. The Balaban J connectivity index is 2.43. The van der Waals surface area contributed by atoms with Crippen molar-refractivity contribution in [3.8, 4) is 11.5 Å². The second kappa shape index (κ2) is 5.27. The van der Waals surface area contributed by atoms with Gasteiger partial charge in [0.05, 0.1) is 12.9 Å². The smallest absolute Gasteiger partial charge is 0.433 e. The van der Waals surface area contributed by atoms with Crippen LogP contribution >= 0.6 is 0 Å². The molecule has 2 aromatic heterocycles. The molecule has 8 heteroatoms. The number of rotatable bonds is 4. The number of anilines is 1. The van der Waals surface area contributed by atoms with E-state index in [9.17, 15) is 13.2 Å². The fraction of sp³-hybridized carbons (Fsp3) is 0.273. The van der Waals surface area contributed by atoms with Gasteiger partial charge in [-0.2, -0.15) is 13.2 Å². The summed E-state index contributed by atoms with van der Waals surface area (Å²) in [6, 6.07) is 3.85. The predicted octanol–water partition coefficient (Wildman–Crippen LogP) is 2.16. The van der Waals surface area contributed by atoms with Crippen molar-refractivity contribution < 1.29 is 22.7 Å². The SMILES string of the molecule is OCCNc1nc(-c2ccco2)cc(C(F)(F)F)n1. The first-order valence-electron chi connectivity index (χ1n) is 5.35. The van der Waals surface area contributed by atoms with Gasteiger partial charge >= 0.3 is 6.18 Å². The normalized spacial score (nSPS) is 11.6. The molecule has 0 amide bonds. The van der Waals surface area contributed by atoms with E-state index >= 15 is 0 Å². The number of hydrogen-bond acceptors (Lipinski definition) is 5. The number of nitrogens with zero attached hydrogens (tertiary/aromatic N) is 2. The molecule has 0 aliphatic rings. The van der Waals surface area contributed by atoms with Gasteiger partial charge in [0, 0.05) is 6.54 Å². The number of aliphatic hydroxyl groups is 1. The van der Waals surface area contributed by atoms with Crippen LogP contribution in [-0.4, -0.2) is 28.2 Å². The van der Waals surface area contributed by atoms with Crippen molar-refractivity contribution in [3.05, 3.63) is 30.2 Å². The molecule has 0 aromatic carbocycles. The number of aromatic nitrogens is 2. The summed E-state index contributed by atoms with van der Waals surface area (Å²) in [7, 11) is 0. The average molecular weight is 273 g/mol. The molecular weight excluding hydrogens is 263 g/mol. The highest BCUT2D eigenvalue weighted by Gasteiger charge is 2.34. The summed E-state index contributed by atoms with van der Waals surface area (Å²) < 4.78 is 43.2. The maximum absolute atomic E-state index is 12.7. The van der Waals surface area contributed by atoms with Gasteiger partial charge in [0.2, 0.25) is 5.95 Å². The van der Waals surface area contributed by atoms with Crippen LogP contribution in [-0.2, 0) is 6.18 Å². The topological polar surface area (TPSA) is 71.2 Å². The highest BCUT2D eigenvalue weighted by Crippen LogP contribution is 2.31. The second-order valence-corrected chi connectivity index (χ2v) is 3.59. The van der Waals surface area contributed by atoms with Gasteiger partial charge < -0.3 is 14.8 Å². The van der Waals surface area contributed by atoms with Crippen molar-refractivity contribution >= 4 is 5.95 Å². The molecule has 2 aromatic rings. The molecular formula is C11H10F3N3O2. The van der Waals surface area contributed by atoms with Crippen molar-refractivity contribution in [1.82, 2.24) is 9.97 Å². The molecule has 5 nitrogen and oxygen atoms in total. The largest absolute Gasteiger partial charge is 0.463 e. The lowest BCUT2D eigenvalue weighted by Gasteiger charge is -2.10. The third-order valence-electron chi connectivity index (χ3n) is 2.19. The Morgan fingerprint density at radius 3 is 2.68 bits per heavy atom. The molecule has 2 rings (SSSR count). The van der Waals surface area contributed by atoms with Crippen LogP contribution in [0.25, 0.3) is 11.5 Å². The van der Waals surface area contributed by atoms with E-state index in [2.05, 4.69) is 15.3 Å². The molecule has 0 bridgehead atoms. The van der Waals surface area contributed by atoms with Crippen molar-refractivity contribution in [2.75, 3.05) is 18.5 Å². The quantitative estimate of drug-likeness (QED) is 0.893. The van der Waals surface area contributed by atoms with Crippen LogP contribution in [0.1, 0.15) is 5.69 Å². The van der Waals surface area contributed by atoms with E-state index in [-0.39, 0.29) is 30.6 Å². The molecule has 0 atom stereocenters. The number of nitrogens with one attached hydrogen (secondary N) is 1. The first kappa shape index (κ1) is 13.3. The minimum Gasteiger partial charge on any atom is -0.463 e. The zero-order chi connectivity index (χ0) is 13.9. The van der Waals surface area contributed by atoms with Crippen LogP contribution in [0.5, 0.6) is 0 Å². The predicted molar refractivity (Wildman–Crippen MR) is 60.3 cm³/mol. The highest BCUT2D eigenvalue weighted by molar-refractivity contribution is 5.54. The first-order valence-corrected chi connectivity index (χ1v) is 5.35. The molecule has 19 heavy (non-hydrogen) atoms. The molecule has 0 radical (unpaired) electrons. The van der Waals surface area contributed by atoms with Crippen molar-refractivity contribution in [2.24, 2.45) is 0 Å². The molecule has 2 heterocycles. The van der Waals surface area contributed by atoms with Gasteiger partial charge in [-0.25, -0.2) is 9.97 Å². The van der Waals surface area contributed by atoms with Crippen LogP contribution in [0, 0.1) is 0 Å². The van der Waals surface area contributed by atoms with Crippen LogP contribution < -0.4 is 5.32 Å². The van der Waals surface area contributed by atoms with Gasteiger partial charge in [0.25, 0.3) is 0 Å². The van der Waals surface area contributed by atoms with Gasteiger partial charge in [0.15, 0.2) is 11.5 Å². The number of aliphatic hydroxyl groups excluding tert-OH is 1. The Morgan fingerprint density at radius 1 is 1.32 bits per heavy atom. The Hall–Kier alpha value is -2.09. The Morgan fingerprint density at radius 2 is 2.11 bits per heavy atom. The summed E-state index contributed by atoms with van der Waals surface area (Å²) in [5, 5.41) is 11.1. The Labute approximate surface area is 106 Å². The molecule has 2 N–H and O–H groups in total. The first-order chi connectivity index (χ1) is 9.00. The lowest BCUT2D eigenvalue weighted by molar-refractivity contribution is -0.141. The van der Waals surface area contributed by atoms with Crippen LogP contribution in [0.3, 0.4) is 0 Å². The monoisotopic (exact) mass is 273 g/mol. The fourth-order valence-corrected chi connectivity index (χ4v) is 1.39. The van der Waals surface area contributed by atoms with Crippen molar-refractivity contribution in [3.63, 3.8) is 0 Å². The Kier molecular flexibility index (Phi) is 3.70. The number of furan rings is 1. The van der Waals surface area contributed by atoms with E-state index in [4.69, 9.17) is 9.52 Å². The summed E-state index contributed by atoms with van der Waals surface area (Å²) in [6.45, 7) is -0.186. The number of halogens is 3.